The Balaban J connectivity index is 1.56. The third kappa shape index (κ3) is 4.40. The summed E-state index contributed by atoms with van der Waals surface area (Å²) < 4.78 is 0. The Morgan fingerprint density at radius 3 is 2.61 bits per heavy atom. The molecule has 1 aromatic heterocycles. The van der Waals surface area contributed by atoms with Crippen LogP contribution in [0.3, 0.4) is 0 Å². The molecule has 5 nitrogen and oxygen atoms in total. The van der Waals surface area contributed by atoms with Crippen molar-refractivity contribution in [1.82, 2.24) is 9.88 Å². The van der Waals surface area contributed by atoms with Crippen molar-refractivity contribution in [3.8, 4) is 0 Å². The van der Waals surface area contributed by atoms with Crippen molar-refractivity contribution in [2.24, 2.45) is 0 Å². The van der Waals surface area contributed by atoms with E-state index < -0.39 is 0 Å². The highest BCUT2D eigenvalue weighted by Gasteiger charge is 2.13. The summed E-state index contributed by atoms with van der Waals surface area (Å²) in [6.07, 6.45) is 3.22. The zero-order valence-corrected chi connectivity index (χ0v) is 13.9. The molecule has 0 radical (unpaired) electrons. The van der Waals surface area contributed by atoms with Gasteiger partial charge in [-0.2, -0.15) is 0 Å². The molecular weight excluding hydrogens is 308 g/mol. The molecule has 0 spiro atoms. The largest absolute Gasteiger partial charge is 0.369 e. The highest BCUT2D eigenvalue weighted by Crippen LogP contribution is 2.19. The number of piperazine rings is 1. The fourth-order valence-electron chi connectivity index (χ4n) is 2.47. The molecule has 1 amide bonds. The Kier molecular flexibility index (Phi) is 5.05. The monoisotopic (exact) mass is 328 g/mol. The van der Waals surface area contributed by atoms with Crippen molar-refractivity contribution in [2.45, 2.75) is 0 Å². The van der Waals surface area contributed by atoms with Gasteiger partial charge >= 0.3 is 0 Å². The number of nitrogens with zero attached hydrogens (tertiary/aromatic N) is 3. The summed E-state index contributed by atoms with van der Waals surface area (Å²) in [4.78, 5) is 20.7. The van der Waals surface area contributed by atoms with Crippen molar-refractivity contribution in [2.75, 3.05) is 43.4 Å². The molecule has 1 aromatic carbocycles. The summed E-state index contributed by atoms with van der Waals surface area (Å²) in [6, 6.07) is 8.01. The standard InChI is InChI=1S/C17H20N4OS/c1-20-8-10-21(11-9-20)16-5-2-14(3-6-16)19-17(22)7-4-15-12-23-13-18-15/h2-7,12-13H,8-11H2,1H3,(H,19,22)/b7-4-. The predicted molar refractivity (Wildman–Crippen MR) is 95.9 cm³/mol. The molecule has 120 valence electrons. The molecule has 1 aliphatic heterocycles. The molecule has 3 rings (SSSR count). The van der Waals surface area contributed by atoms with Crippen LogP contribution in [0.1, 0.15) is 5.69 Å². The quantitative estimate of drug-likeness (QED) is 0.876. The van der Waals surface area contributed by atoms with Gasteiger partial charge in [-0.1, -0.05) is 0 Å². The van der Waals surface area contributed by atoms with Crippen molar-refractivity contribution < 1.29 is 4.79 Å². The van der Waals surface area contributed by atoms with Crippen LogP contribution < -0.4 is 10.2 Å². The van der Waals surface area contributed by atoms with Gasteiger partial charge in [-0.25, -0.2) is 4.98 Å². The summed E-state index contributed by atoms with van der Waals surface area (Å²) in [5, 5.41) is 4.76. The molecule has 1 aliphatic rings. The number of amides is 1. The lowest BCUT2D eigenvalue weighted by Gasteiger charge is -2.34. The van der Waals surface area contributed by atoms with Gasteiger partial charge in [0.25, 0.3) is 0 Å². The first-order valence-electron chi connectivity index (χ1n) is 7.61. The van der Waals surface area contributed by atoms with Crippen molar-refractivity contribution >= 4 is 34.7 Å². The average molecular weight is 328 g/mol. The number of rotatable bonds is 4. The van der Waals surface area contributed by atoms with Crippen LogP contribution in [-0.2, 0) is 4.79 Å². The summed E-state index contributed by atoms with van der Waals surface area (Å²) in [7, 11) is 2.15. The van der Waals surface area contributed by atoms with E-state index in [1.165, 1.54) is 23.1 Å². The molecule has 23 heavy (non-hydrogen) atoms. The van der Waals surface area contributed by atoms with Crippen molar-refractivity contribution in [3.63, 3.8) is 0 Å². The minimum atomic E-state index is -0.148. The van der Waals surface area contributed by atoms with E-state index in [1.54, 1.807) is 11.6 Å². The molecule has 2 aromatic rings. The zero-order chi connectivity index (χ0) is 16.1. The summed E-state index contributed by atoms with van der Waals surface area (Å²) in [5.74, 6) is -0.148. The highest BCUT2D eigenvalue weighted by molar-refractivity contribution is 7.07. The van der Waals surface area contributed by atoms with Crippen LogP contribution in [0.2, 0.25) is 0 Å². The van der Waals surface area contributed by atoms with Gasteiger partial charge in [0.1, 0.15) is 0 Å². The first kappa shape index (κ1) is 15.7. The van der Waals surface area contributed by atoms with E-state index in [4.69, 9.17) is 0 Å². The zero-order valence-electron chi connectivity index (χ0n) is 13.1. The number of nitrogens with one attached hydrogen (secondary N) is 1. The maximum absolute atomic E-state index is 11.9. The smallest absolute Gasteiger partial charge is 0.248 e. The highest BCUT2D eigenvalue weighted by atomic mass is 32.1. The maximum Gasteiger partial charge on any atom is 0.248 e. The number of thiazole rings is 1. The molecule has 0 atom stereocenters. The van der Waals surface area contributed by atoms with Gasteiger partial charge in [0.2, 0.25) is 5.91 Å². The van der Waals surface area contributed by atoms with Gasteiger partial charge in [-0.15, -0.1) is 11.3 Å². The predicted octanol–water partition coefficient (Wildman–Crippen LogP) is 2.55. The van der Waals surface area contributed by atoms with Gasteiger partial charge in [-0.05, 0) is 37.4 Å². The van der Waals surface area contributed by atoms with Crippen molar-refractivity contribution in [3.05, 3.63) is 46.9 Å². The second-order valence-electron chi connectivity index (χ2n) is 5.57. The Hall–Kier alpha value is -2.18. The van der Waals surface area contributed by atoms with Crippen LogP contribution in [0.15, 0.2) is 41.2 Å². The number of hydrogen-bond donors (Lipinski definition) is 1. The maximum atomic E-state index is 11.9. The Morgan fingerprint density at radius 1 is 1.22 bits per heavy atom. The second-order valence-corrected chi connectivity index (χ2v) is 6.29. The lowest BCUT2D eigenvalue weighted by molar-refractivity contribution is -0.111. The Labute approximate surface area is 140 Å². The minimum Gasteiger partial charge on any atom is -0.369 e. The molecule has 6 heteroatoms. The number of anilines is 2. The molecule has 1 fully saturated rings. The third-order valence-corrected chi connectivity index (χ3v) is 4.46. The van der Waals surface area contributed by atoms with Gasteiger partial charge in [0.15, 0.2) is 0 Å². The van der Waals surface area contributed by atoms with Crippen LogP contribution in [0.25, 0.3) is 6.08 Å². The third-order valence-electron chi connectivity index (χ3n) is 3.86. The molecule has 2 heterocycles. The molecule has 0 bridgehead atoms. The van der Waals surface area contributed by atoms with E-state index in [2.05, 4.69) is 39.3 Å². The number of likely N-dealkylation sites (N-methyl/N-ethyl adjacent to an activating group) is 1. The first-order chi connectivity index (χ1) is 11.2. The average Bonchev–Trinajstić information content (AvgIpc) is 3.08. The molecule has 1 saturated heterocycles. The van der Waals surface area contributed by atoms with E-state index in [0.717, 1.165) is 37.6 Å². The van der Waals surface area contributed by atoms with Gasteiger partial charge in [0, 0.05) is 49.0 Å². The molecule has 0 unspecified atom stereocenters. The van der Waals surface area contributed by atoms with Crippen LogP contribution in [0.5, 0.6) is 0 Å². The number of hydrogen-bond acceptors (Lipinski definition) is 5. The fraction of sp³-hybridized carbons (Fsp3) is 0.294. The lowest BCUT2D eigenvalue weighted by atomic mass is 10.2. The van der Waals surface area contributed by atoms with Gasteiger partial charge in [-0.3, -0.25) is 4.79 Å². The van der Waals surface area contributed by atoms with E-state index in [-0.39, 0.29) is 5.91 Å². The fourth-order valence-corrected chi connectivity index (χ4v) is 2.99. The topological polar surface area (TPSA) is 48.5 Å². The van der Waals surface area contributed by atoms with Crippen LogP contribution in [0.4, 0.5) is 11.4 Å². The molecule has 0 aliphatic carbocycles. The second kappa shape index (κ2) is 7.39. The lowest BCUT2D eigenvalue weighted by Crippen LogP contribution is -2.44. The first-order valence-corrected chi connectivity index (χ1v) is 8.56. The summed E-state index contributed by atoms with van der Waals surface area (Å²) in [5.41, 5.74) is 4.55. The Morgan fingerprint density at radius 2 is 1.96 bits per heavy atom. The summed E-state index contributed by atoms with van der Waals surface area (Å²) >= 11 is 1.51. The normalized spacial score (nSPS) is 16.0. The van der Waals surface area contributed by atoms with Crippen LogP contribution in [-0.4, -0.2) is 49.0 Å². The molecule has 1 N–H and O–H groups in total. The number of carbonyl (C=O) groups excluding carboxylic acids is 1. The number of aromatic nitrogens is 1. The summed E-state index contributed by atoms with van der Waals surface area (Å²) in [6.45, 7) is 4.25. The van der Waals surface area contributed by atoms with E-state index in [0.29, 0.717) is 0 Å². The van der Waals surface area contributed by atoms with Crippen LogP contribution in [0, 0.1) is 0 Å². The Bertz CT molecular complexity index is 658. The molecule has 0 saturated carbocycles. The van der Waals surface area contributed by atoms with E-state index >= 15 is 0 Å². The van der Waals surface area contributed by atoms with Crippen molar-refractivity contribution in [1.29, 1.82) is 0 Å². The van der Waals surface area contributed by atoms with E-state index in [9.17, 15) is 4.79 Å². The van der Waals surface area contributed by atoms with E-state index in [1.807, 2.05) is 17.5 Å². The SMILES string of the molecule is CN1CCN(c2ccc(NC(=O)/C=C\c3cscn3)cc2)CC1. The number of carbonyl (C=O) groups is 1. The van der Waals surface area contributed by atoms with Gasteiger partial charge in [0.05, 0.1) is 11.2 Å². The van der Waals surface area contributed by atoms with Gasteiger partial charge < -0.3 is 15.1 Å². The number of benzene rings is 1. The van der Waals surface area contributed by atoms with Crippen LogP contribution >= 0.6 is 11.3 Å². The minimum absolute atomic E-state index is 0.148. The molecular formula is C17H20N4OS.